The molecule has 7 heteroatoms. The van der Waals surface area contributed by atoms with Crippen LogP contribution in [0, 0.1) is 0 Å². The zero-order valence-corrected chi connectivity index (χ0v) is 11.8. The number of fused-ring (bicyclic) bond motifs is 1. The van der Waals surface area contributed by atoms with E-state index in [1.165, 1.54) is 16.5 Å². The van der Waals surface area contributed by atoms with Gasteiger partial charge in [0, 0.05) is 27.1 Å². The minimum atomic E-state index is -0.347. The lowest BCUT2D eigenvalue weighted by molar-refractivity contribution is -0.858. The van der Waals surface area contributed by atoms with Crippen molar-refractivity contribution in [1.82, 2.24) is 18.7 Å². The smallest absolute Gasteiger partial charge is 0.332 e. The van der Waals surface area contributed by atoms with Gasteiger partial charge in [0.15, 0.2) is 11.2 Å². The third kappa shape index (κ3) is 2.33. The van der Waals surface area contributed by atoms with Gasteiger partial charge in [-0.1, -0.05) is 0 Å². The van der Waals surface area contributed by atoms with E-state index in [0.717, 1.165) is 24.1 Å². The van der Waals surface area contributed by atoms with E-state index in [4.69, 9.17) is 0 Å². The van der Waals surface area contributed by atoms with E-state index in [2.05, 4.69) is 19.1 Å². The molecule has 1 N–H and O–H groups in total. The van der Waals surface area contributed by atoms with Gasteiger partial charge in [-0.2, -0.15) is 0 Å². The van der Waals surface area contributed by atoms with E-state index < -0.39 is 0 Å². The first-order valence-corrected chi connectivity index (χ1v) is 6.33. The Morgan fingerprint density at radius 3 is 2.53 bits per heavy atom. The van der Waals surface area contributed by atoms with Crippen molar-refractivity contribution in [2.24, 2.45) is 14.1 Å². The molecule has 0 aromatic carbocycles. The molecule has 2 aromatic rings. The second-order valence-electron chi connectivity index (χ2n) is 5.13. The summed E-state index contributed by atoms with van der Waals surface area (Å²) in [7, 11) is 7.31. The first-order chi connectivity index (χ1) is 8.93. The molecule has 19 heavy (non-hydrogen) atoms. The normalized spacial score (nSPS) is 11.6. The van der Waals surface area contributed by atoms with Gasteiger partial charge >= 0.3 is 5.69 Å². The fourth-order valence-electron chi connectivity index (χ4n) is 2.17. The summed E-state index contributed by atoms with van der Waals surface area (Å²) >= 11 is 0. The summed E-state index contributed by atoms with van der Waals surface area (Å²) in [6, 6.07) is 0. The lowest BCUT2D eigenvalue weighted by atomic mass is 10.4. The fraction of sp³-hybridized carbons (Fsp3) is 0.583. The highest BCUT2D eigenvalue weighted by molar-refractivity contribution is 5.69. The Morgan fingerprint density at radius 1 is 1.21 bits per heavy atom. The summed E-state index contributed by atoms with van der Waals surface area (Å²) in [6.45, 7) is 1.75. The van der Waals surface area contributed by atoms with Crippen molar-refractivity contribution < 1.29 is 4.90 Å². The van der Waals surface area contributed by atoms with E-state index in [-0.39, 0.29) is 11.2 Å². The van der Waals surface area contributed by atoms with E-state index in [9.17, 15) is 9.59 Å². The summed E-state index contributed by atoms with van der Waals surface area (Å²) in [5.41, 5.74) is 0.317. The van der Waals surface area contributed by atoms with Gasteiger partial charge in [-0.15, -0.1) is 0 Å². The van der Waals surface area contributed by atoms with Crippen molar-refractivity contribution in [2.45, 2.75) is 13.0 Å². The summed E-state index contributed by atoms with van der Waals surface area (Å²) in [4.78, 5) is 29.5. The molecular weight excluding hydrogens is 246 g/mol. The van der Waals surface area contributed by atoms with Crippen LogP contribution >= 0.6 is 0 Å². The summed E-state index contributed by atoms with van der Waals surface area (Å²) < 4.78 is 4.36. The Morgan fingerprint density at radius 2 is 1.89 bits per heavy atom. The minimum Gasteiger partial charge on any atom is -0.340 e. The van der Waals surface area contributed by atoms with Crippen molar-refractivity contribution in [1.29, 1.82) is 0 Å². The molecule has 0 aliphatic carbocycles. The number of nitrogens with zero attached hydrogens (tertiary/aromatic N) is 4. The molecule has 2 heterocycles. The number of hydrogen-bond acceptors (Lipinski definition) is 3. The molecule has 0 radical (unpaired) electrons. The van der Waals surface area contributed by atoms with Crippen LogP contribution in [-0.4, -0.2) is 39.3 Å². The summed E-state index contributed by atoms with van der Waals surface area (Å²) in [6.07, 6.45) is 2.59. The number of rotatable bonds is 4. The van der Waals surface area contributed by atoms with Crippen LogP contribution in [0.3, 0.4) is 0 Å². The Hall–Kier alpha value is -1.89. The minimum absolute atomic E-state index is 0.284. The van der Waals surface area contributed by atoms with Gasteiger partial charge in [0.05, 0.1) is 27.0 Å². The molecule has 104 valence electrons. The molecule has 2 rings (SSSR count). The van der Waals surface area contributed by atoms with Crippen molar-refractivity contribution in [3.8, 4) is 0 Å². The molecule has 0 bridgehead atoms. The van der Waals surface area contributed by atoms with Crippen molar-refractivity contribution in [2.75, 3.05) is 20.6 Å². The first-order valence-electron chi connectivity index (χ1n) is 6.33. The predicted molar refractivity (Wildman–Crippen MR) is 72.5 cm³/mol. The van der Waals surface area contributed by atoms with Crippen LogP contribution in [0.2, 0.25) is 0 Å². The van der Waals surface area contributed by atoms with Crippen LogP contribution in [0.5, 0.6) is 0 Å². The Bertz CT molecular complexity index is 707. The quantitative estimate of drug-likeness (QED) is 0.694. The van der Waals surface area contributed by atoms with E-state index in [1.54, 1.807) is 13.4 Å². The highest BCUT2D eigenvalue weighted by atomic mass is 16.2. The van der Waals surface area contributed by atoms with E-state index in [0.29, 0.717) is 11.2 Å². The molecule has 0 atom stereocenters. The van der Waals surface area contributed by atoms with Crippen molar-refractivity contribution in [3.05, 3.63) is 27.2 Å². The SMILES string of the molecule is Cn1c(=O)c2c(ncn2CCC[NH+](C)C)n(C)c1=O. The maximum atomic E-state index is 12.2. The number of aromatic nitrogens is 4. The predicted octanol–water partition coefficient (Wildman–Crippen LogP) is -2.03. The largest absolute Gasteiger partial charge is 0.340 e. The summed E-state index contributed by atoms with van der Waals surface area (Å²) in [5.74, 6) is 0. The Kier molecular flexibility index (Phi) is 3.57. The third-order valence-corrected chi connectivity index (χ3v) is 3.29. The van der Waals surface area contributed by atoms with Crippen LogP contribution in [0.1, 0.15) is 6.42 Å². The second-order valence-corrected chi connectivity index (χ2v) is 5.13. The monoisotopic (exact) mass is 266 g/mol. The zero-order valence-electron chi connectivity index (χ0n) is 11.8. The first kappa shape index (κ1) is 13.5. The lowest BCUT2D eigenvalue weighted by Gasteiger charge is -2.08. The maximum absolute atomic E-state index is 12.2. The van der Waals surface area contributed by atoms with Crippen LogP contribution in [0.4, 0.5) is 0 Å². The highest BCUT2D eigenvalue weighted by Gasteiger charge is 2.13. The average Bonchev–Trinajstić information content (AvgIpc) is 2.77. The van der Waals surface area contributed by atoms with E-state index >= 15 is 0 Å². The van der Waals surface area contributed by atoms with Crippen LogP contribution in [-0.2, 0) is 20.6 Å². The van der Waals surface area contributed by atoms with Crippen LogP contribution in [0.25, 0.3) is 11.2 Å². The van der Waals surface area contributed by atoms with Gasteiger partial charge in [0.25, 0.3) is 5.56 Å². The molecule has 0 aliphatic rings. The Balaban J connectivity index is 2.48. The van der Waals surface area contributed by atoms with Crippen molar-refractivity contribution >= 4 is 11.2 Å². The third-order valence-electron chi connectivity index (χ3n) is 3.29. The van der Waals surface area contributed by atoms with E-state index in [1.807, 2.05) is 4.57 Å². The standard InChI is InChI=1S/C12H19N5O2/c1-14(2)6-5-7-17-8-13-10-9(17)11(18)16(4)12(19)15(10)3/h8H,5-7H2,1-4H3/p+1. The maximum Gasteiger partial charge on any atom is 0.332 e. The molecule has 0 unspecified atom stereocenters. The molecule has 0 saturated heterocycles. The van der Waals surface area contributed by atoms with Gasteiger partial charge in [-0.05, 0) is 0 Å². The Labute approximate surface area is 110 Å². The number of quaternary nitrogens is 1. The molecule has 0 saturated carbocycles. The molecule has 7 nitrogen and oxygen atoms in total. The fourth-order valence-corrected chi connectivity index (χ4v) is 2.17. The number of nitrogens with one attached hydrogen (secondary N) is 1. The molecule has 2 aromatic heterocycles. The van der Waals surface area contributed by atoms with Gasteiger partial charge in [-0.25, -0.2) is 9.78 Å². The van der Waals surface area contributed by atoms with Gasteiger partial charge in [0.2, 0.25) is 0 Å². The molecular formula is C12H20N5O2+. The number of aryl methyl sites for hydroxylation is 2. The molecule has 0 fully saturated rings. The van der Waals surface area contributed by atoms with Crippen molar-refractivity contribution in [3.63, 3.8) is 0 Å². The van der Waals surface area contributed by atoms with Gasteiger partial charge in [0.1, 0.15) is 0 Å². The van der Waals surface area contributed by atoms with Crippen LogP contribution < -0.4 is 16.1 Å². The average molecular weight is 266 g/mol. The van der Waals surface area contributed by atoms with Gasteiger partial charge in [-0.3, -0.25) is 13.9 Å². The second kappa shape index (κ2) is 5.00. The zero-order chi connectivity index (χ0) is 14.2. The summed E-state index contributed by atoms with van der Waals surface area (Å²) in [5, 5.41) is 0. The topological polar surface area (TPSA) is 66.3 Å². The molecule has 0 spiro atoms. The highest BCUT2D eigenvalue weighted by Crippen LogP contribution is 2.05. The van der Waals surface area contributed by atoms with Crippen LogP contribution in [0.15, 0.2) is 15.9 Å². The van der Waals surface area contributed by atoms with Gasteiger partial charge < -0.3 is 9.47 Å². The number of hydrogen-bond donors (Lipinski definition) is 1. The molecule has 0 amide bonds. The lowest BCUT2D eigenvalue weighted by Crippen LogP contribution is -3.05. The molecule has 0 aliphatic heterocycles. The number of imidazole rings is 1.